The fraction of sp³-hybridized carbons (Fsp3) is 0.316. The summed E-state index contributed by atoms with van der Waals surface area (Å²) >= 11 is 1.57. The standard InChI is InChI=1S/C19H21NO5S2/c1-27(23,24)17-9-5-15(6-10-17)25-14-3-7-16(8-4-14)26-13-19(11-2-12-19)18(21)20-22/h3-10,22H,2,11-13H2,1H3,(H,20,21). The first kappa shape index (κ1) is 19.7. The topological polar surface area (TPSA) is 92.7 Å². The van der Waals surface area contributed by atoms with Crippen LogP contribution in [0, 0.1) is 5.41 Å². The molecule has 0 heterocycles. The molecule has 1 aliphatic carbocycles. The predicted octanol–water partition coefficient (Wildman–Crippen LogP) is 3.65. The van der Waals surface area contributed by atoms with Crippen molar-refractivity contribution in [2.45, 2.75) is 29.1 Å². The van der Waals surface area contributed by atoms with Crippen molar-refractivity contribution in [3.05, 3.63) is 48.5 Å². The number of hydrogen-bond donors (Lipinski definition) is 2. The zero-order valence-corrected chi connectivity index (χ0v) is 16.5. The summed E-state index contributed by atoms with van der Waals surface area (Å²) in [5.74, 6) is 1.50. The molecular weight excluding hydrogens is 386 g/mol. The molecule has 1 amide bonds. The zero-order chi connectivity index (χ0) is 19.5. The average Bonchev–Trinajstić information content (AvgIpc) is 2.61. The fourth-order valence-electron chi connectivity index (χ4n) is 2.88. The normalized spacial score (nSPS) is 15.6. The summed E-state index contributed by atoms with van der Waals surface area (Å²) < 4.78 is 28.7. The molecule has 2 N–H and O–H groups in total. The van der Waals surface area contributed by atoms with E-state index in [1.807, 2.05) is 24.3 Å². The SMILES string of the molecule is CS(=O)(=O)c1ccc(Oc2ccc(SCC3(C(=O)NO)CCC3)cc2)cc1. The van der Waals surface area contributed by atoms with Crippen LogP contribution < -0.4 is 10.2 Å². The summed E-state index contributed by atoms with van der Waals surface area (Å²) in [6.07, 6.45) is 3.74. The monoisotopic (exact) mass is 407 g/mol. The lowest BCUT2D eigenvalue weighted by molar-refractivity contribution is -0.143. The molecule has 0 aliphatic heterocycles. The van der Waals surface area contributed by atoms with E-state index in [1.165, 1.54) is 12.1 Å². The van der Waals surface area contributed by atoms with Gasteiger partial charge in [0.1, 0.15) is 11.5 Å². The second kappa shape index (κ2) is 7.92. The summed E-state index contributed by atoms with van der Waals surface area (Å²) in [5, 5.41) is 8.91. The number of nitrogens with one attached hydrogen (secondary N) is 1. The molecule has 0 spiro atoms. The van der Waals surface area contributed by atoms with Gasteiger partial charge in [0, 0.05) is 16.9 Å². The zero-order valence-electron chi connectivity index (χ0n) is 14.8. The Morgan fingerprint density at radius 3 is 2.11 bits per heavy atom. The molecular formula is C19H21NO5S2. The van der Waals surface area contributed by atoms with Crippen molar-refractivity contribution >= 4 is 27.5 Å². The fourth-order valence-corrected chi connectivity index (χ4v) is 4.70. The third-order valence-corrected chi connectivity index (χ3v) is 7.15. The van der Waals surface area contributed by atoms with E-state index in [1.54, 1.807) is 29.4 Å². The van der Waals surface area contributed by atoms with E-state index >= 15 is 0 Å². The van der Waals surface area contributed by atoms with Gasteiger partial charge in [-0.15, -0.1) is 11.8 Å². The molecule has 0 radical (unpaired) electrons. The minimum atomic E-state index is -3.22. The number of carbonyl (C=O) groups is 1. The maximum Gasteiger partial charge on any atom is 0.250 e. The van der Waals surface area contributed by atoms with Crippen molar-refractivity contribution in [2.24, 2.45) is 5.41 Å². The highest BCUT2D eigenvalue weighted by molar-refractivity contribution is 7.99. The molecule has 1 fully saturated rings. The maximum atomic E-state index is 11.8. The van der Waals surface area contributed by atoms with Crippen LogP contribution in [0.1, 0.15) is 19.3 Å². The van der Waals surface area contributed by atoms with E-state index in [2.05, 4.69) is 0 Å². The molecule has 144 valence electrons. The highest BCUT2D eigenvalue weighted by atomic mass is 32.2. The van der Waals surface area contributed by atoms with E-state index in [4.69, 9.17) is 9.94 Å². The molecule has 0 unspecified atom stereocenters. The van der Waals surface area contributed by atoms with Gasteiger partial charge in [0.2, 0.25) is 5.91 Å². The predicted molar refractivity (Wildman–Crippen MR) is 103 cm³/mol. The van der Waals surface area contributed by atoms with Crippen LogP contribution in [0.5, 0.6) is 11.5 Å². The lowest BCUT2D eigenvalue weighted by atomic mass is 9.70. The number of rotatable bonds is 7. The molecule has 2 aromatic rings. The van der Waals surface area contributed by atoms with E-state index in [0.717, 1.165) is 30.4 Å². The van der Waals surface area contributed by atoms with Crippen molar-refractivity contribution in [3.8, 4) is 11.5 Å². The van der Waals surface area contributed by atoms with E-state index < -0.39 is 15.3 Å². The van der Waals surface area contributed by atoms with Gasteiger partial charge in [0.25, 0.3) is 0 Å². The number of thioether (sulfide) groups is 1. The van der Waals surface area contributed by atoms with Gasteiger partial charge in [0.05, 0.1) is 10.3 Å². The molecule has 27 heavy (non-hydrogen) atoms. The van der Waals surface area contributed by atoms with Crippen LogP contribution in [0.25, 0.3) is 0 Å². The van der Waals surface area contributed by atoms with Gasteiger partial charge in [0.15, 0.2) is 9.84 Å². The van der Waals surface area contributed by atoms with E-state index in [-0.39, 0.29) is 10.8 Å². The Morgan fingerprint density at radius 1 is 1.11 bits per heavy atom. The lowest BCUT2D eigenvalue weighted by Gasteiger charge is -2.39. The first-order chi connectivity index (χ1) is 12.8. The lowest BCUT2D eigenvalue weighted by Crippen LogP contribution is -2.46. The van der Waals surface area contributed by atoms with Crippen molar-refractivity contribution in [1.82, 2.24) is 5.48 Å². The highest BCUT2D eigenvalue weighted by Gasteiger charge is 2.43. The van der Waals surface area contributed by atoms with Gasteiger partial charge in [-0.2, -0.15) is 0 Å². The third-order valence-electron chi connectivity index (χ3n) is 4.72. The molecule has 1 aliphatic rings. The van der Waals surface area contributed by atoms with Crippen molar-refractivity contribution in [3.63, 3.8) is 0 Å². The molecule has 1 saturated carbocycles. The second-order valence-electron chi connectivity index (χ2n) is 6.68. The maximum absolute atomic E-state index is 11.8. The third kappa shape index (κ3) is 4.63. The number of benzene rings is 2. The van der Waals surface area contributed by atoms with Gasteiger partial charge in [-0.05, 0) is 61.4 Å². The Balaban J connectivity index is 1.60. The average molecular weight is 408 g/mol. The van der Waals surface area contributed by atoms with Gasteiger partial charge in [-0.25, -0.2) is 13.9 Å². The van der Waals surface area contributed by atoms with Crippen LogP contribution in [0.15, 0.2) is 58.3 Å². The molecule has 0 bridgehead atoms. The number of ether oxygens (including phenoxy) is 1. The number of carbonyl (C=O) groups excluding carboxylic acids is 1. The molecule has 0 saturated heterocycles. The van der Waals surface area contributed by atoms with Crippen LogP contribution in [0.4, 0.5) is 0 Å². The van der Waals surface area contributed by atoms with Crippen LogP contribution in [0.2, 0.25) is 0 Å². The molecule has 2 aromatic carbocycles. The van der Waals surface area contributed by atoms with Gasteiger partial charge in [-0.3, -0.25) is 10.0 Å². The number of hydrogen-bond acceptors (Lipinski definition) is 6. The first-order valence-electron chi connectivity index (χ1n) is 8.48. The van der Waals surface area contributed by atoms with Crippen molar-refractivity contribution in [2.75, 3.05) is 12.0 Å². The van der Waals surface area contributed by atoms with Crippen LogP contribution >= 0.6 is 11.8 Å². The summed E-state index contributed by atoms with van der Waals surface area (Å²) in [4.78, 5) is 13.1. The number of amides is 1. The first-order valence-corrected chi connectivity index (χ1v) is 11.4. The van der Waals surface area contributed by atoms with Gasteiger partial charge < -0.3 is 4.74 Å². The molecule has 3 rings (SSSR count). The minimum Gasteiger partial charge on any atom is -0.457 e. The van der Waals surface area contributed by atoms with Crippen LogP contribution in [0.3, 0.4) is 0 Å². The van der Waals surface area contributed by atoms with E-state index in [0.29, 0.717) is 17.3 Å². The summed E-state index contributed by atoms with van der Waals surface area (Å²) in [6, 6.07) is 13.7. The number of sulfone groups is 1. The van der Waals surface area contributed by atoms with Gasteiger partial charge >= 0.3 is 0 Å². The summed E-state index contributed by atoms with van der Waals surface area (Å²) in [5.41, 5.74) is 1.31. The number of hydroxylamine groups is 1. The Morgan fingerprint density at radius 2 is 1.67 bits per heavy atom. The van der Waals surface area contributed by atoms with Crippen molar-refractivity contribution < 1.29 is 23.2 Å². The van der Waals surface area contributed by atoms with E-state index in [9.17, 15) is 13.2 Å². The van der Waals surface area contributed by atoms with Crippen LogP contribution in [-0.2, 0) is 14.6 Å². The quantitative estimate of drug-likeness (QED) is 0.413. The molecule has 6 nitrogen and oxygen atoms in total. The minimum absolute atomic E-state index is 0.249. The van der Waals surface area contributed by atoms with Crippen molar-refractivity contribution in [1.29, 1.82) is 0 Å². The van der Waals surface area contributed by atoms with Gasteiger partial charge in [-0.1, -0.05) is 6.42 Å². The summed E-state index contributed by atoms with van der Waals surface area (Å²) in [6.45, 7) is 0. The van der Waals surface area contributed by atoms with Crippen LogP contribution in [-0.4, -0.2) is 31.5 Å². The Bertz CT molecular complexity index is 904. The molecule has 0 aromatic heterocycles. The second-order valence-corrected chi connectivity index (χ2v) is 9.75. The Kier molecular flexibility index (Phi) is 5.78. The molecule has 0 atom stereocenters. The smallest absolute Gasteiger partial charge is 0.250 e. The molecule has 8 heteroatoms. The largest absolute Gasteiger partial charge is 0.457 e. The highest BCUT2D eigenvalue weighted by Crippen LogP contribution is 2.45. The Hall–Kier alpha value is -2.03. The Labute approximate surface area is 162 Å². The summed E-state index contributed by atoms with van der Waals surface area (Å²) in [7, 11) is -3.22.